The van der Waals surface area contributed by atoms with E-state index in [4.69, 9.17) is 37.4 Å². The molecule has 1 saturated carbocycles. The molecule has 3 rings (SSSR count). The molecule has 1 fully saturated rings. The standard InChI is InChI=1S/C15H14Cl2O5/c1-14(8-15(14,16)17)13(19)22-7-10(18)9-2-3-11-12(6-9)21-5-4-20-11/h2-3,6H,4-5,7-8H2,1H3/t14-/m1/s1. The largest absolute Gasteiger partial charge is 0.486 e. The summed E-state index contributed by atoms with van der Waals surface area (Å²) in [6.45, 7) is 2.17. The van der Waals surface area contributed by atoms with Crippen LogP contribution in [0.5, 0.6) is 11.5 Å². The van der Waals surface area contributed by atoms with E-state index >= 15 is 0 Å². The van der Waals surface area contributed by atoms with E-state index in [0.717, 1.165) is 0 Å². The van der Waals surface area contributed by atoms with Crippen LogP contribution in [0, 0.1) is 5.41 Å². The van der Waals surface area contributed by atoms with Gasteiger partial charge in [0.1, 0.15) is 23.0 Å². The SMILES string of the molecule is C[C@]1(C(=O)OCC(=O)c2ccc3c(c2)OCCO3)CC1(Cl)Cl. The number of benzene rings is 1. The molecule has 1 aromatic carbocycles. The van der Waals surface area contributed by atoms with Gasteiger partial charge in [-0.05, 0) is 25.1 Å². The fraction of sp³-hybridized carbons (Fsp3) is 0.467. The molecular weight excluding hydrogens is 331 g/mol. The molecule has 22 heavy (non-hydrogen) atoms. The van der Waals surface area contributed by atoms with Gasteiger partial charge in [0.25, 0.3) is 0 Å². The van der Waals surface area contributed by atoms with Crippen molar-refractivity contribution >= 4 is 35.0 Å². The highest BCUT2D eigenvalue weighted by molar-refractivity contribution is 6.53. The Hall–Kier alpha value is -1.46. The van der Waals surface area contributed by atoms with E-state index in [1.54, 1.807) is 25.1 Å². The van der Waals surface area contributed by atoms with E-state index in [1.165, 1.54) is 0 Å². The number of carbonyl (C=O) groups is 2. The molecule has 0 unspecified atom stereocenters. The van der Waals surface area contributed by atoms with Crippen LogP contribution in [0.15, 0.2) is 18.2 Å². The average Bonchev–Trinajstić information content (AvgIpc) is 3.03. The summed E-state index contributed by atoms with van der Waals surface area (Å²) >= 11 is 11.8. The van der Waals surface area contributed by atoms with Gasteiger partial charge in [0.2, 0.25) is 0 Å². The van der Waals surface area contributed by atoms with Gasteiger partial charge in [-0.25, -0.2) is 0 Å². The third kappa shape index (κ3) is 2.63. The van der Waals surface area contributed by atoms with Gasteiger partial charge in [-0.15, -0.1) is 23.2 Å². The van der Waals surface area contributed by atoms with E-state index in [9.17, 15) is 9.59 Å². The fourth-order valence-corrected chi connectivity index (χ4v) is 2.90. The predicted octanol–water partition coefficient (Wildman–Crippen LogP) is 2.77. The fourth-order valence-electron chi connectivity index (χ4n) is 2.21. The second-order valence-corrected chi connectivity index (χ2v) is 7.05. The maximum Gasteiger partial charge on any atom is 0.315 e. The Labute approximate surface area is 137 Å². The van der Waals surface area contributed by atoms with Crippen LogP contribution >= 0.6 is 23.2 Å². The molecule has 1 aliphatic heterocycles. The number of ether oxygens (including phenoxy) is 3. The first kappa shape index (κ1) is 15.4. The number of Topliss-reactive ketones (excluding diaryl/α,β-unsaturated/α-hetero) is 1. The predicted molar refractivity (Wildman–Crippen MR) is 79.9 cm³/mol. The smallest absolute Gasteiger partial charge is 0.315 e. The van der Waals surface area contributed by atoms with Crippen molar-refractivity contribution in [3.63, 3.8) is 0 Å². The van der Waals surface area contributed by atoms with Gasteiger partial charge in [0, 0.05) is 12.0 Å². The molecule has 1 atom stereocenters. The molecule has 0 aromatic heterocycles. The first-order chi connectivity index (χ1) is 10.3. The van der Waals surface area contributed by atoms with Crippen LogP contribution in [0.4, 0.5) is 0 Å². The van der Waals surface area contributed by atoms with Crippen LogP contribution in [0.3, 0.4) is 0 Å². The van der Waals surface area contributed by atoms with Crippen molar-refractivity contribution in [3.8, 4) is 11.5 Å². The molecule has 0 N–H and O–H groups in total. The summed E-state index contributed by atoms with van der Waals surface area (Å²) in [6.07, 6.45) is 0.320. The molecule has 0 amide bonds. The lowest BCUT2D eigenvalue weighted by Gasteiger charge is -2.18. The molecule has 5 nitrogen and oxygen atoms in total. The Bertz CT molecular complexity index is 643. The summed E-state index contributed by atoms with van der Waals surface area (Å²) in [6, 6.07) is 4.85. The molecule has 0 spiro atoms. The lowest BCUT2D eigenvalue weighted by Crippen LogP contribution is -2.24. The van der Waals surface area contributed by atoms with E-state index in [0.29, 0.717) is 36.7 Å². The molecule has 0 saturated heterocycles. The Morgan fingerprint density at radius 2 is 1.86 bits per heavy atom. The third-order valence-corrected chi connectivity index (χ3v) is 5.01. The zero-order valence-corrected chi connectivity index (χ0v) is 13.4. The van der Waals surface area contributed by atoms with Gasteiger partial charge in [-0.3, -0.25) is 9.59 Å². The number of halogens is 2. The molecule has 0 bridgehead atoms. The number of carbonyl (C=O) groups excluding carboxylic acids is 2. The van der Waals surface area contributed by atoms with Crippen LogP contribution in [0.1, 0.15) is 23.7 Å². The minimum Gasteiger partial charge on any atom is -0.486 e. The summed E-state index contributed by atoms with van der Waals surface area (Å²) in [5.74, 6) is 0.213. The summed E-state index contributed by atoms with van der Waals surface area (Å²) in [4.78, 5) is 24.0. The molecule has 118 valence electrons. The minimum absolute atomic E-state index is 0.320. The van der Waals surface area contributed by atoms with Crippen molar-refractivity contribution in [2.75, 3.05) is 19.8 Å². The van der Waals surface area contributed by atoms with Crippen LogP contribution in [-0.2, 0) is 9.53 Å². The van der Waals surface area contributed by atoms with Crippen LogP contribution in [0.25, 0.3) is 0 Å². The van der Waals surface area contributed by atoms with Crippen molar-refractivity contribution in [2.24, 2.45) is 5.41 Å². The Morgan fingerprint density at radius 3 is 2.50 bits per heavy atom. The molecule has 7 heteroatoms. The van der Waals surface area contributed by atoms with Crippen molar-refractivity contribution in [1.82, 2.24) is 0 Å². The Morgan fingerprint density at radius 1 is 1.23 bits per heavy atom. The highest BCUT2D eigenvalue weighted by Crippen LogP contribution is 2.64. The summed E-state index contributed by atoms with van der Waals surface area (Å²) in [5.41, 5.74) is -0.551. The number of hydrogen-bond acceptors (Lipinski definition) is 5. The monoisotopic (exact) mass is 344 g/mol. The topological polar surface area (TPSA) is 61.8 Å². The molecule has 1 aromatic rings. The average molecular weight is 345 g/mol. The van der Waals surface area contributed by atoms with E-state index in [1.807, 2.05) is 0 Å². The first-order valence-corrected chi connectivity index (χ1v) is 7.57. The maximum atomic E-state index is 12.1. The van der Waals surface area contributed by atoms with Crippen molar-refractivity contribution in [1.29, 1.82) is 0 Å². The number of alkyl halides is 2. The van der Waals surface area contributed by atoms with Gasteiger partial charge in [-0.1, -0.05) is 0 Å². The summed E-state index contributed by atoms with van der Waals surface area (Å²) in [7, 11) is 0. The zero-order chi connectivity index (χ0) is 16.0. The number of fused-ring (bicyclic) bond motifs is 1. The Balaban J connectivity index is 1.62. The van der Waals surface area contributed by atoms with Gasteiger partial charge in [0.15, 0.2) is 23.9 Å². The normalized spacial score (nSPS) is 24.5. The van der Waals surface area contributed by atoms with Crippen LogP contribution in [0.2, 0.25) is 0 Å². The van der Waals surface area contributed by atoms with Gasteiger partial charge < -0.3 is 14.2 Å². The highest BCUT2D eigenvalue weighted by atomic mass is 35.5. The van der Waals surface area contributed by atoms with Crippen molar-refractivity contribution < 1.29 is 23.8 Å². The zero-order valence-electron chi connectivity index (χ0n) is 11.9. The molecular formula is C15H14Cl2O5. The van der Waals surface area contributed by atoms with Crippen LogP contribution in [-0.4, -0.2) is 35.9 Å². The molecule has 2 aliphatic rings. The van der Waals surface area contributed by atoms with Gasteiger partial charge >= 0.3 is 5.97 Å². The first-order valence-electron chi connectivity index (χ1n) is 6.81. The highest BCUT2D eigenvalue weighted by Gasteiger charge is 2.69. The minimum atomic E-state index is -1.11. The third-order valence-electron chi connectivity index (χ3n) is 3.91. The van der Waals surface area contributed by atoms with Crippen LogP contribution < -0.4 is 9.47 Å². The van der Waals surface area contributed by atoms with Crippen molar-refractivity contribution in [3.05, 3.63) is 23.8 Å². The summed E-state index contributed by atoms with van der Waals surface area (Å²) < 4.78 is 14.7. The Kier molecular flexibility index (Phi) is 3.73. The molecule has 0 radical (unpaired) electrons. The lowest BCUT2D eigenvalue weighted by atomic mass is 10.1. The van der Waals surface area contributed by atoms with Gasteiger partial charge in [-0.2, -0.15) is 0 Å². The summed E-state index contributed by atoms with van der Waals surface area (Å²) in [5, 5.41) is 0. The van der Waals surface area contributed by atoms with E-state index in [-0.39, 0.29) is 12.4 Å². The quantitative estimate of drug-likeness (QED) is 0.477. The molecule has 1 heterocycles. The second-order valence-electron chi connectivity index (χ2n) is 5.57. The maximum absolute atomic E-state index is 12.1. The van der Waals surface area contributed by atoms with E-state index in [2.05, 4.69) is 0 Å². The second kappa shape index (κ2) is 5.32. The molecule has 1 aliphatic carbocycles. The van der Waals surface area contributed by atoms with E-state index < -0.39 is 15.7 Å². The number of esters is 1. The number of rotatable bonds is 4. The van der Waals surface area contributed by atoms with Crippen molar-refractivity contribution in [2.45, 2.75) is 17.7 Å². The van der Waals surface area contributed by atoms with Gasteiger partial charge in [0.05, 0.1) is 0 Å². The number of hydrogen-bond donors (Lipinski definition) is 0. The number of ketones is 1. The lowest BCUT2D eigenvalue weighted by molar-refractivity contribution is -0.148.